The summed E-state index contributed by atoms with van der Waals surface area (Å²) in [6.07, 6.45) is 4.94. The molecule has 112 valence electrons. The number of H-pyrrole nitrogens is 1. The number of aromatic nitrogens is 1. The minimum atomic E-state index is -0.825. The van der Waals surface area contributed by atoms with Crippen LogP contribution in [-0.4, -0.2) is 34.8 Å². The van der Waals surface area contributed by atoms with Crippen molar-refractivity contribution in [3.63, 3.8) is 0 Å². The second kappa shape index (κ2) is 6.59. The molecular weight excluding hydrogens is 280 g/mol. The third-order valence-corrected chi connectivity index (χ3v) is 3.38. The Morgan fingerprint density at radius 2 is 2.23 bits per heavy atom. The van der Waals surface area contributed by atoms with Gasteiger partial charge in [-0.1, -0.05) is 24.8 Å². The van der Waals surface area contributed by atoms with Crippen molar-refractivity contribution < 1.29 is 9.59 Å². The molecule has 6 heteroatoms. The number of hydrogen-bond acceptors (Lipinski definition) is 3. The van der Waals surface area contributed by atoms with Crippen LogP contribution in [0.15, 0.2) is 43.1 Å². The summed E-state index contributed by atoms with van der Waals surface area (Å²) in [7, 11) is 1.37. The van der Waals surface area contributed by atoms with Gasteiger partial charge < -0.3 is 10.3 Å². The van der Waals surface area contributed by atoms with Gasteiger partial charge >= 0.3 is 0 Å². The fraction of sp³-hybridized carbons (Fsp3) is 0.188. The molecule has 2 amide bonds. The molecule has 1 aromatic carbocycles. The van der Waals surface area contributed by atoms with Crippen LogP contribution in [0.4, 0.5) is 0 Å². The van der Waals surface area contributed by atoms with Gasteiger partial charge in [0.25, 0.3) is 5.91 Å². The average Bonchev–Trinajstić information content (AvgIpc) is 2.95. The number of nitrogens with one attached hydrogen (secondary N) is 2. The normalized spacial score (nSPS) is 11.5. The van der Waals surface area contributed by atoms with Gasteiger partial charge in [0.1, 0.15) is 6.04 Å². The highest BCUT2D eigenvalue weighted by Crippen LogP contribution is 2.19. The molecule has 0 saturated heterocycles. The number of carbonyl (C=O) groups is 2. The first kappa shape index (κ1) is 15.3. The molecule has 1 aromatic heterocycles. The van der Waals surface area contributed by atoms with Crippen LogP contribution < -0.4 is 5.32 Å². The Bertz CT molecular complexity index is 757. The number of rotatable bonds is 5. The van der Waals surface area contributed by atoms with E-state index < -0.39 is 17.9 Å². The number of carbonyl (C=O) groups excluding carboxylic acids is 2. The first-order valence-electron chi connectivity index (χ1n) is 6.72. The predicted molar refractivity (Wildman–Crippen MR) is 82.5 cm³/mol. The Morgan fingerprint density at radius 1 is 1.50 bits per heavy atom. The lowest BCUT2D eigenvalue weighted by molar-refractivity contribution is -0.132. The maximum absolute atomic E-state index is 12.2. The first-order chi connectivity index (χ1) is 10.6. The molecule has 2 rings (SSSR count). The predicted octanol–water partition coefficient (Wildman–Crippen LogP) is 1.32. The van der Waals surface area contributed by atoms with E-state index in [0.29, 0.717) is 0 Å². The number of aromatic amines is 1. The topological polar surface area (TPSA) is 89.0 Å². The van der Waals surface area contributed by atoms with E-state index in [9.17, 15) is 9.59 Å². The molecule has 6 nitrogen and oxygen atoms in total. The van der Waals surface area contributed by atoms with Crippen LogP contribution in [0.3, 0.4) is 0 Å². The highest BCUT2D eigenvalue weighted by atomic mass is 16.2. The quantitative estimate of drug-likeness (QED) is 0.495. The number of nitrogens with zero attached hydrogens (tertiary/aromatic N) is 2. The Hall–Kier alpha value is -3.07. The van der Waals surface area contributed by atoms with Gasteiger partial charge in [-0.3, -0.25) is 14.5 Å². The molecule has 0 aliphatic carbocycles. The van der Waals surface area contributed by atoms with Crippen molar-refractivity contribution in [2.45, 2.75) is 12.5 Å². The first-order valence-corrected chi connectivity index (χ1v) is 6.72. The second-order valence-corrected chi connectivity index (χ2v) is 4.83. The third kappa shape index (κ3) is 3.15. The van der Waals surface area contributed by atoms with Gasteiger partial charge in [-0.2, -0.15) is 5.26 Å². The highest BCUT2D eigenvalue weighted by molar-refractivity contribution is 5.93. The third-order valence-electron chi connectivity index (χ3n) is 3.38. The minimum Gasteiger partial charge on any atom is -0.361 e. The highest BCUT2D eigenvalue weighted by Gasteiger charge is 2.24. The Morgan fingerprint density at radius 3 is 2.91 bits per heavy atom. The van der Waals surface area contributed by atoms with Crippen LogP contribution in [0.2, 0.25) is 0 Å². The van der Waals surface area contributed by atoms with Crippen molar-refractivity contribution in [2.24, 2.45) is 0 Å². The summed E-state index contributed by atoms with van der Waals surface area (Å²) in [6.45, 7) is 3.38. The molecule has 0 saturated carbocycles. The molecule has 0 aliphatic heterocycles. The maximum atomic E-state index is 12.2. The number of para-hydroxylation sites is 1. The number of likely N-dealkylation sites (N-methyl/N-ethyl adjacent to an activating group) is 1. The van der Waals surface area contributed by atoms with E-state index in [1.165, 1.54) is 7.05 Å². The standard InChI is InChI=1S/C16H16N4O2/c1-3-15(21)19-14(16(22)20(2)10-17)8-11-9-18-13-7-5-4-6-12(11)13/h3-7,9,14,18H,1,8H2,2H3,(H,19,21). The molecule has 1 unspecified atom stereocenters. The van der Waals surface area contributed by atoms with Crippen molar-refractivity contribution in [2.75, 3.05) is 7.05 Å². The fourth-order valence-corrected chi connectivity index (χ4v) is 2.23. The van der Waals surface area contributed by atoms with Gasteiger partial charge in [0.15, 0.2) is 6.19 Å². The smallest absolute Gasteiger partial charge is 0.258 e. The number of hydrogen-bond donors (Lipinski definition) is 2. The minimum absolute atomic E-state index is 0.286. The molecule has 0 bridgehead atoms. The number of amides is 2. The summed E-state index contributed by atoms with van der Waals surface area (Å²) >= 11 is 0. The Balaban J connectivity index is 2.29. The van der Waals surface area contributed by atoms with Gasteiger partial charge in [0, 0.05) is 30.6 Å². The molecule has 0 spiro atoms. The van der Waals surface area contributed by atoms with Crippen molar-refractivity contribution in [1.82, 2.24) is 15.2 Å². The number of benzene rings is 1. The largest absolute Gasteiger partial charge is 0.361 e. The molecule has 22 heavy (non-hydrogen) atoms. The lowest BCUT2D eigenvalue weighted by Crippen LogP contribution is -2.46. The summed E-state index contributed by atoms with van der Waals surface area (Å²) in [4.78, 5) is 27.8. The average molecular weight is 296 g/mol. The van der Waals surface area contributed by atoms with E-state index in [1.54, 1.807) is 12.4 Å². The van der Waals surface area contributed by atoms with Crippen LogP contribution in [-0.2, 0) is 16.0 Å². The van der Waals surface area contributed by atoms with Gasteiger partial charge in [-0.05, 0) is 17.7 Å². The van der Waals surface area contributed by atoms with E-state index in [0.717, 1.165) is 27.4 Å². The van der Waals surface area contributed by atoms with E-state index in [1.807, 2.05) is 24.3 Å². The zero-order valence-electron chi connectivity index (χ0n) is 12.2. The fourth-order valence-electron chi connectivity index (χ4n) is 2.23. The van der Waals surface area contributed by atoms with Crippen LogP contribution in [0.1, 0.15) is 5.56 Å². The van der Waals surface area contributed by atoms with Gasteiger partial charge in [-0.25, -0.2) is 0 Å². The number of nitriles is 1. The Labute approximate surface area is 128 Å². The Kier molecular flexibility index (Phi) is 4.59. The van der Waals surface area contributed by atoms with Crippen LogP contribution in [0.25, 0.3) is 10.9 Å². The molecule has 2 aromatic rings. The SMILES string of the molecule is C=CC(=O)NC(Cc1c[nH]c2ccccc12)C(=O)N(C)C#N. The van der Waals surface area contributed by atoms with Crippen molar-refractivity contribution >= 4 is 22.7 Å². The zero-order valence-corrected chi connectivity index (χ0v) is 12.2. The van der Waals surface area contributed by atoms with Crippen LogP contribution in [0.5, 0.6) is 0 Å². The zero-order chi connectivity index (χ0) is 16.1. The van der Waals surface area contributed by atoms with Crippen LogP contribution in [0, 0.1) is 11.5 Å². The monoisotopic (exact) mass is 296 g/mol. The molecule has 1 heterocycles. The molecule has 0 radical (unpaired) electrons. The molecule has 0 fully saturated rings. The summed E-state index contributed by atoms with van der Waals surface area (Å²) in [5.41, 5.74) is 1.84. The maximum Gasteiger partial charge on any atom is 0.258 e. The van der Waals surface area contributed by atoms with E-state index in [2.05, 4.69) is 16.9 Å². The van der Waals surface area contributed by atoms with Crippen LogP contribution >= 0.6 is 0 Å². The lowest BCUT2D eigenvalue weighted by atomic mass is 10.0. The van der Waals surface area contributed by atoms with Crippen molar-refractivity contribution in [3.8, 4) is 6.19 Å². The van der Waals surface area contributed by atoms with E-state index >= 15 is 0 Å². The molecule has 0 aliphatic rings. The van der Waals surface area contributed by atoms with Gasteiger partial charge in [0.2, 0.25) is 5.91 Å². The van der Waals surface area contributed by atoms with E-state index in [4.69, 9.17) is 5.26 Å². The summed E-state index contributed by atoms with van der Waals surface area (Å²) < 4.78 is 0. The summed E-state index contributed by atoms with van der Waals surface area (Å²) in [5.74, 6) is -0.924. The van der Waals surface area contributed by atoms with E-state index in [-0.39, 0.29) is 6.42 Å². The summed E-state index contributed by atoms with van der Waals surface area (Å²) in [6, 6.07) is 6.86. The molecule has 1 atom stereocenters. The van der Waals surface area contributed by atoms with Gasteiger partial charge in [0.05, 0.1) is 0 Å². The lowest BCUT2D eigenvalue weighted by Gasteiger charge is -2.19. The summed E-state index contributed by atoms with van der Waals surface area (Å²) in [5, 5.41) is 12.4. The second-order valence-electron chi connectivity index (χ2n) is 4.83. The molecular formula is C16H16N4O2. The van der Waals surface area contributed by atoms with Gasteiger partial charge in [-0.15, -0.1) is 0 Å². The van der Waals surface area contributed by atoms with Crippen molar-refractivity contribution in [1.29, 1.82) is 5.26 Å². The van der Waals surface area contributed by atoms with Crippen molar-refractivity contribution in [3.05, 3.63) is 48.7 Å². The molecule has 2 N–H and O–H groups in total. The number of fused-ring (bicyclic) bond motifs is 1.